The Labute approximate surface area is 110 Å². The van der Waals surface area contributed by atoms with Gasteiger partial charge in [0.2, 0.25) is 5.84 Å². The molecule has 2 rings (SSSR count). The van der Waals surface area contributed by atoms with Gasteiger partial charge in [0, 0.05) is 0 Å². The molecule has 1 unspecified atom stereocenters. The highest BCUT2D eigenvalue weighted by Gasteiger charge is 2.25. The molecular formula is C11H14ClN3O3. The van der Waals surface area contributed by atoms with Crippen LogP contribution in [0.2, 0.25) is 0 Å². The topological polar surface area (TPSA) is 87.5 Å². The van der Waals surface area contributed by atoms with Gasteiger partial charge in [-0.2, -0.15) is 0 Å². The highest BCUT2D eigenvalue weighted by molar-refractivity contribution is 5.96. The number of amides is 1. The Morgan fingerprint density at radius 2 is 2.22 bits per heavy atom. The van der Waals surface area contributed by atoms with Gasteiger partial charge in [-0.25, -0.2) is 5.43 Å². The minimum Gasteiger partial charge on any atom is -1.00 e. The van der Waals surface area contributed by atoms with Crippen molar-refractivity contribution in [2.24, 2.45) is 5.10 Å². The fourth-order valence-electron chi connectivity index (χ4n) is 1.56. The zero-order chi connectivity index (χ0) is 12.4. The first-order chi connectivity index (χ1) is 8.11. The third-order valence-corrected chi connectivity index (χ3v) is 2.58. The van der Waals surface area contributed by atoms with Gasteiger partial charge in [0.05, 0.1) is 12.7 Å². The lowest BCUT2D eigenvalue weighted by molar-refractivity contribution is -0.564. The highest BCUT2D eigenvalue weighted by atomic mass is 35.5. The number of nitrogens with zero attached hydrogens (tertiary/aromatic N) is 1. The van der Waals surface area contributed by atoms with E-state index in [-0.39, 0.29) is 30.1 Å². The van der Waals surface area contributed by atoms with Crippen LogP contribution in [0.5, 0.6) is 11.5 Å². The number of ether oxygens (including phenoxy) is 1. The van der Waals surface area contributed by atoms with E-state index in [9.17, 15) is 9.90 Å². The number of nitrogens with two attached hydrogens (primary N) is 1. The van der Waals surface area contributed by atoms with E-state index in [2.05, 4.69) is 10.5 Å². The molecular weight excluding hydrogens is 258 g/mol. The largest absolute Gasteiger partial charge is 1.00 e. The number of nitrogens with one attached hydrogen (secondary N) is 1. The van der Waals surface area contributed by atoms with E-state index in [1.54, 1.807) is 24.4 Å². The first-order valence-corrected chi connectivity index (χ1v) is 5.21. The fourth-order valence-corrected chi connectivity index (χ4v) is 1.56. The third-order valence-electron chi connectivity index (χ3n) is 2.58. The Morgan fingerprint density at radius 3 is 2.83 bits per heavy atom. The number of benzene rings is 1. The molecule has 1 amide bonds. The standard InChI is InChI=1S/C11H13N3O3.ClH/c1-6-11(16)14-13-10(12-6)7-3-4-8(15)9(5-7)17-2;/h3-6,15H,1-2H3,(H,12,13)(H,14,16);1H. The molecule has 0 saturated heterocycles. The van der Waals surface area contributed by atoms with Gasteiger partial charge in [-0.15, -0.1) is 5.10 Å². The van der Waals surface area contributed by atoms with Crippen LogP contribution in [0.3, 0.4) is 0 Å². The van der Waals surface area contributed by atoms with Gasteiger partial charge in [-0.1, -0.05) is 0 Å². The Morgan fingerprint density at radius 1 is 1.50 bits per heavy atom. The van der Waals surface area contributed by atoms with Gasteiger partial charge in [0.1, 0.15) is 0 Å². The molecule has 0 aromatic heterocycles. The van der Waals surface area contributed by atoms with Crippen LogP contribution in [0.4, 0.5) is 0 Å². The molecule has 6 nitrogen and oxygen atoms in total. The summed E-state index contributed by atoms with van der Waals surface area (Å²) < 4.78 is 5.02. The van der Waals surface area contributed by atoms with E-state index in [0.29, 0.717) is 11.6 Å². The van der Waals surface area contributed by atoms with Crippen molar-refractivity contribution in [2.75, 3.05) is 7.11 Å². The molecule has 0 aliphatic carbocycles. The molecule has 7 heteroatoms. The summed E-state index contributed by atoms with van der Waals surface area (Å²) in [7, 11) is 1.48. The average Bonchev–Trinajstić information content (AvgIpc) is 2.33. The van der Waals surface area contributed by atoms with Crippen LogP contribution in [0.15, 0.2) is 23.3 Å². The number of amidine groups is 1. The van der Waals surface area contributed by atoms with E-state index in [1.165, 1.54) is 13.2 Å². The normalized spacial score (nSPS) is 18.4. The molecule has 4 N–H and O–H groups in total. The molecule has 0 spiro atoms. The van der Waals surface area contributed by atoms with Gasteiger partial charge < -0.3 is 22.3 Å². The van der Waals surface area contributed by atoms with Gasteiger partial charge in [0.25, 0.3) is 5.91 Å². The van der Waals surface area contributed by atoms with Crippen molar-refractivity contribution in [1.29, 1.82) is 0 Å². The number of halogens is 1. The summed E-state index contributed by atoms with van der Waals surface area (Å²) in [6, 6.07) is 4.71. The van der Waals surface area contributed by atoms with Crippen LogP contribution >= 0.6 is 0 Å². The molecule has 0 radical (unpaired) electrons. The van der Waals surface area contributed by atoms with Crippen molar-refractivity contribution in [3.8, 4) is 11.5 Å². The number of rotatable bonds is 2. The van der Waals surface area contributed by atoms with Crippen LogP contribution in [0.25, 0.3) is 0 Å². The van der Waals surface area contributed by atoms with Crippen molar-refractivity contribution in [3.63, 3.8) is 0 Å². The van der Waals surface area contributed by atoms with Gasteiger partial charge in [-0.3, -0.25) is 10.1 Å². The molecule has 18 heavy (non-hydrogen) atoms. The second-order valence-electron chi connectivity index (χ2n) is 3.82. The maximum atomic E-state index is 11.2. The van der Waals surface area contributed by atoms with Crippen molar-refractivity contribution < 1.29 is 32.4 Å². The van der Waals surface area contributed by atoms with Crippen molar-refractivity contribution in [3.05, 3.63) is 23.8 Å². The first-order valence-electron chi connectivity index (χ1n) is 5.21. The molecule has 1 heterocycles. The number of methoxy groups -OCH3 is 1. The monoisotopic (exact) mass is 271 g/mol. The first kappa shape index (κ1) is 14.3. The molecule has 0 fully saturated rings. The smallest absolute Gasteiger partial charge is 0.298 e. The van der Waals surface area contributed by atoms with Crippen LogP contribution < -0.4 is 27.9 Å². The molecule has 0 saturated carbocycles. The molecule has 0 bridgehead atoms. The molecule has 1 aromatic carbocycles. The number of carbonyl (C=O) groups excluding carboxylic acids is 1. The average molecular weight is 272 g/mol. The lowest BCUT2D eigenvalue weighted by Gasteiger charge is -2.16. The zero-order valence-electron chi connectivity index (χ0n) is 9.98. The molecule has 1 aliphatic rings. The number of hydrogen-bond donors (Lipinski definition) is 3. The highest BCUT2D eigenvalue weighted by Crippen LogP contribution is 2.25. The summed E-state index contributed by atoms with van der Waals surface area (Å²) >= 11 is 0. The maximum absolute atomic E-state index is 11.2. The third kappa shape index (κ3) is 2.72. The van der Waals surface area contributed by atoms with Crippen LogP contribution in [0.1, 0.15) is 12.5 Å². The maximum Gasteiger partial charge on any atom is 0.298 e. The molecule has 98 valence electrons. The van der Waals surface area contributed by atoms with Crippen molar-refractivity contribution >= 4 is 11.7 Å². The summed E-state index contributed by atoms with van der Waals surface area (Å²) in [6.07, 6.45) is 0. The summed E-state index contributed by atoms with van der Waals surface area (Å²) in [4.78, 5) is 11.2. The molecule has 1 aromatic rings. The SMILES string of the molecule is COc1cc(C2=NNC(=O)C(C)[NH2+]2)ccc1O.[Cl-]. The Balaban J connectivity index is 0.00000162. The van der Waals surface area contributed by atoms with E-state index in [4.69, 9.17) is 4.74 Å². The Kier molecular flexibility index (Phi) is 4.52. The molecule has 1 aliphatic heterocycles. The zero-order valence-corrected chi connectivity index (χ0v) is 10.7. The number of quaternary nitrogens is 1. The van der Waals surface area contributed by atoms with E-state index < -0.39 is 0 Å². The number of hydrogen-bond acceptors (Lipinski definition) is 4. The van der Waals surface area contributed by atoms with E-state index in [0.717, 1.165) is 5.56 Å². The number of carbonyl (C=O) groups is 1. The number of phenolic OH excluding ortho intramolecular Hbond substituents is 1. The Hall–Kier alpha value is -1.79. The fraction of sp³-hybridized carbons (Fsp3) is 0.273. The predicted molar refractivity (Wildman–Crippen MR) is 60.7 cm³/mol. The van der Waals surface area contributed by atoms with Gasteiger partial charge in [-0.05, 0) is 25.1 Å². The number of aromatic hydroxyl groups is 1. The quantitative estimate of drug-likeness (QED) is 0.515. The van der Waals surface area contributed by atoms with E-state index >= 15 is 0 Å². The van der Waals surface area contributed by atoms with Crippen molar-refractivity contribution in [1.82, 2.24) is 5.43 Å². The minimum atomic E-state index is -0.220. The van der Waals surface area contributed by atoms with Crippen LogP contribution in [0, 0.1) is 0 Å². The lowest BCUT2D eigenvalue weighted by atomic mass is 10.1. The van der Waals surface area contributed by atoms with Gasteiger partial charge in [0.15, 0.2) is 17.5 Å². The predicted octanol–water partition coefficient (Wildman–Crippen LogP) is -3.85. The van der Waals surface area contributed by atoms with Crippen LogP contribution in [-0.2, 0) is 4.79 Å². The summed E-state index contributed by atoms with van der Waals surface area (Å²) in [5.41, 5.74) is 3.23. The number of phenols is 1. The summed E-state index contributed by atoms with van der Waals surface area (Å²) in [5, 5.41) is 15.2. The minimum absolute atomic E-state index is 0. The number of hydrazone groups is 1. The molecule has 1 atom stereocenters. The second-order valence-corrected chi connectivity index (χ2v) is 3.82. The van der Waals surface area contributed by atoms with E-state index in [1.807, 2.05) is 0 Å². The van der Waals surface area contributed by atoms with Gasteiger partial charge >= 0.3 is 0 Å². The van der Waals surface area contributed by atoms with Crippen molar-refractivity contribution in [2.45, 2.75) is 13.0 Å². The second kappa shape index (κ2) is 5.70. The lowest BCUT2D eigenvalue weighted by Crippen LogP contribution is -3.00. The Bertz CT molecular complexity index is 490. The summed E-state index contributed by atoms with van der Waals surface area (Å²) in [6.45, 7) is 1.79. The van der Waals surface area contributed by atoms with Crippen LogP contribution in [-0.4, -0.2) is 30.0 Å². The summed E-state index contributed by atoms with van der Waals surface area (Å²) in [5.74, 6) is 0.989.